The molecular formula is C11H11ClN2O. The number of benzene rings is 1. The first kappa shape index (κ1) is 10.1. The SMILES string of the molecule is CCc1cnc(-c2cc(Cl)ccc2O)[nH]1. The van der Waals surface area contributed by atoms with Crippen molar-refractivity contribution >= 4 is 11.6 Å². The summed E-state index contributed by atoms with van der Waals surface area (Å²) in [6.07, 6.45) is 2.64. The van der Waals surface area contributed by atoms with E-state index in [0.29, 0.717) is 16.4 Å². The fraction of sp³-hybridized carbons (Fsp3) is 0.182. The molecule has 0 atom stereocenters. The second kappa shape index (κ2) is 3.95. The van der Waals surface area contributed by atoms with Crippen LogP contribution in [0.3, 0.4) is 0 Å². The number of aryl methyl sites for hydroxylation is 1. The lowest BCUT2D eigenvalue weighted by Crippen LogP contribution is -1.83. The molecule has 1 aromatic carbocycles. The largest absolute Gasteiger partial charge is 0.507 e. The summed E-state index contributed by atoms with van der Waals surface area (Å²) in [5.74, 6) is 0.822. The zero-order chi connectivity index (χ0) is 10.8. The molecule has 1 aromatic heterocycles. The number of halogens is 1. The molecule has 0 radical (unpaired) electrons. The summed E-state index contributed by atoms with van der Waals surface area (Å²) in [5, 5.41) is 10.2. The van der Waals surface area contributed by atoms with Gasteiger partial charge in [0.15, 0.2) is 0 Å². The van der Waals surface area contributed by atoms with Crippen molar-refractivity contribution in [3.05, 3.63) is 35.1 Å². The third kappa shape index (κ3) is 1.97. The third-order valence-electron chi connectivity index (χ3n) is 2.22. The van der Waals surface area contributed by atoms with Gasteiger partial charge in [-0.2, -0.15) is 0 Å². The highest BCUT2D eigenvalue weighted by atomic mass is 35.5. The number of hydrogen-bond acceptors (Lipinski definition) is 2. The second-order valence-electron chi connectivity index (χ2n) is 3.27. The molecule has 15 heavy (non-hydrogen) atoms. The highest BCUT2D eigenvalue weighted by Gasteiger charge is 2.08. The van der Waals surface area contributed by atoms with Crippen molar-refractivity contribution in [2.75, 3.05) is 0 Å². The minimum Gasteiger partial charge on any atom is -0.507 e. The van der Waals surface area contributed by atoms with Crippen LogP contribution in [-0.2, 0) is 6.42 Å². The van der Waals surface area contributed by atoms with Crippen molar-refractivity contribution in [3.63, 3.8) is 0 Å². The van der Waals surface area contributed by atoms with E-state index in [2.05, 4.69) is 9.97 Å². The number of nitrogens with zero attached hydrogens (tertiary/aromatic N) is 1. The normalized spacial score (nSPS) is 10.5. The Labute approximate surface area is 92.7 Å². The molecule has 0 aliphatic carbocycles. The maximum atomic E-state index is 9.65. The first-order valence-electron chi connectivity index (χ1n) is 4.73. The van der Waals surface area contributed by atoms with Crippen LogP contribution in [0, 0.1) is 0 Å². The van der Waals surface area contributed by atoms with Crippen LogP contribution in [0.2, 0.25) is 5.02 Å². The lowest BCUT2D eigenvalue weighted by Gasteiger charge is -2.01. The van der Waals surface area contributed by atoms with E-state index in [4.69, 9.17) is 11.6 Å². The van der Waals surface area contributed by atoms with Crippen molar-refractivity contribution in [2.45, 2.75) is 13.3 Å². The molecule has 0 fully saturated rings. The molecule has 4 heteroatoms. The summed E-state index contributed by atoms with van der Waals surface area (Å²) >= 11 is 5.85. The van der Waals surface area contributed by atoms with Crippen LogP contribution in [-0.4, -0.2) is 15.1 Å². The van der Waals surface area contributed by atoms with Crippen molar-refractivity contribution < 1.29 is 5.11 Å². The lowest BCUT2D eigenvalue weighted by atomic mass is 10.2. The van der Waals surface area contributed by atoms with Crippen LogP contribution < -0.4 is 0 Å². The quantitative estimate of drug-likeness (QED) is 0.821. The number of aromatic hydroxyl groups is 1. The van der Waals surface area contributed by atoms with Gasteiger partial charge in [0.1, 0.15) is 11.6 Å². The molecule has 2 aromatic rings. The minimum absolute atomic E-state index is 0.177. The highest BCUT2D eigenvalue weighted by molar-refractivity contribution is 6.30. The minimum atomic E-state index is 0.177. The van der Waals surface area contributed by atoms with E-state index in [1.165, 1.54) is 0 Å². The summed E-state index contributed by atoms with van der Waals surface area (Å²) in [4.78, 5) is 7.30. The topological polar surface area (TPSA) is 48.9 Å². The number of aromatic amines is 1. The zero-order valence-electron chi connectivity index (χ0n) is 8.29. The highest BCUT2D eigenvalue weighted by Crippen LogP contribution is 2.29. The Bertz CT molecular complexity index is 479. The number of phenolic OH excluding ortho intramolecular Hbond substituents is 1. The molecule has 78 valence electrons. The van der Waals surface area contributed by atoms with Gasteiger partial charge >= 0.3 is 0 Å². The average Bonchev–Trinajstić information content (AvgIpc) is 2.70. The molecule has 0 aliphatic rings. The summed E-state index contributed by atoms with van der Waals surface area (Å²) < 4.78 is 0. The van der Waals surface area contributed by atoms with Gasteiger partial charge in [-0.1, -0.05) is 18.5 Å². The number of aromatic nitrogens is 2. The van der Waals surface area contributed by atoms with Gasteiger partial charge in [-0.25, -0.2) is 4.98 Å². The Morgan fingerprint density at radius 1 is 1.47 bits per heavy atom. The van der Waals surface area contributed by atoms with Crippen LogP contribution in [0.15, 0.2) is 24.4 Å². The Balaban J connectivity index is 2.48. The standard InChI is InChI=1S/C11H11ClN2O/c1-2-8-6-13-11(14-8)9-5-7(12)3-4-10(9)15/h3-6,15H,2H2,1H3,(H,13,14). The number of rotatable bonds is 2. The van der Waals surface area contributed by atoms with E-state index in [0.717, 1.165) is 12.1 Å². The van der Waals surface area contributed by atoms with Gasteiger partial charge in [0, 0.05) is 16.9 Å². The summed E-state index contributed by atoms with van der Waals surface area (Å²) in [6.45, 7) is 2.04. The molecular weight excluding hydrogens is 212 g/mol. The summed E-state index contributed by atoms with van der Waals surface area (Å²) in [7, 11) is 0. The number of phenols is 1. The number of H-pyrrole nitrogens is 1. The van der Waals surface area contributed by atoms with Gasteiger partial charge in [-0.3, -0.25) is 0 Å². The van der Waals surface area contributed by atoms with Crippen LogP contribution in [0.25, 0.3) is 11.4 Å². The first-order valence-corrected chi connectivity index (χ1v) is 5.11. The molecule has 2 rings (SSSR count). The van der Waals surface area contributed by atoms with Gasteiger partial charge in [0.25, 0.3) is 0 Å². The zero-order valence-corrected chi connectivity index (χ0v) is 9.04. The molecule has 3 nitrogen and oxygen atoms in total. The van der Waals surface area contributed by atoms with Crippen molar-refractivity contribution in [2.24, 2.45) is 0 Å². The molecule has 0 spiro atoms. The lowest BCUT2D eigenvalue weighted by molar-refractivity contribution is 0.477. The molecule has 1 heterocycles. The van der Waals surface area contributed by atoms with Crippen molar-refractivity contribution in [3.8, 4) is 17.1 Å². The van der Waals surface area contributed by atoms with Crippen molar-refractivity contribution in [1.82, 2.24) is 9.97 Å². The fourth-order valence-corrected chi connectivity index (χ4v) is 1.55. The maximum Gasteiger partial charge on any atom is 0.141 e. The molecule has 2 N–H and O–H groups in total. The van der Waals surface area contributed by atoms with Crippen LogP contribution >= 0.6 is 11.6 Å². The van der Waals surface area contributed by atoms with Gasteiger partial charge in [0.05, 0.1) is 5.56 Å². The Morgan fingerprint density at radius 2 is 2.27 bits per heavy atom. The third-order valence-corrected chi connectivity index (χ3v) is 2.46. The van der Waals surface area contributed by atoms with E-state index in [1.54, 1.807) is 24.4 Å². The van der Waals surface area contributed by atoms with Gasteiger partial charge in [-0.05, 0) is 24.6 Å². The maximum absolute atomic E-state index is 9.65. The van der Waals surface area contributed by atoms with Gasteiger partial charge in [0.2, 0.25) is 0 Å². The van der Waals surface area contributed by atoms with E-state index >= 15 is 0 Å². The molecule has 0 aliphatic heterocycles. The predicted octanol–water partition coefficient (Wildman–Crippen LogP) is 3.00. The number of imidazole rings is 1. The van der Waals surface area contributed by atoms with E-state index in [1.807, 2.05) is 6.92 Å². The summed E-state index contributed by atoms with van der Waals surface area (Å²) in [6, 6.07) is 4.89. The van der Waals surface area contributed by atoms with Crippen LogP contribution in [0.4, 0.5) is 0 Å². The second-order valence-corrected chi connectivity index (χ2v) is 3.71. The van der Waals surface area contributed by atoms with E-state index in [9.17, 15) is 5.11 Å². The summed E-state index contributed by atoms with van der Waals surface area (Å²) in [5.41, 5.74) is 1.66. The fourth-order valence-electron chi connectivity index (χ4n) is 1.37. The molecule has 0 saturated carbocycles. The predicted molar refractivity (Wildman–Crippen MR) is 60.1 cm³/mol. The van der Waals surface area contributed by atoms with Crippen molar-refractivity contribution in [1.29, 1.82) is 0 Å². The molecule has 0 amide bonds. The van der Waals surface area contributed by atoms with Gasteiger partial charge in [-0.15, -0.1) is 0 Å². The number of nitrogens with one attached hydrogen (secondary N) is 1. The average molecular weight is 223 g/mol. The first-order chi connectivity index (χ1) is 7.20. The molecule has 0 bridgehead atoms. The van der Waals surface area contributed by atoms with E-state index < -0.39 is 0 Å². The smallest absolute Gasteiger partial charge is 0.141 e. The van der Waals surface area contributed by atoms with Crippen LogP contribution in [0.5, 0.6) is 5.75 Å². The Hall–Kier alpha value is -1.48. The molecule has 0 unspecified atom stereocenters. The van der Waals surface area contributed by atoms with E-state index in [-0.39, 0.29) is 5.75 Å². The Morgan fingerprint density at radius 3 is 2.93 bits per heavy atom. The Kier molecular flexibility index (Phi) is 2.64. The van der Waals surface area contributed by atoms with Gasteiger partial charge < -0.3 is 10.1 Å². The number of hydrogen-bond donors (Lipinski definition) is 2. The van der Waals surface area contributed by atoms with Crippen LogP contribution in [0.1, 0.15) is 12.6 Å². The monoisotopic (exact) mass is 222 g/mol. The molecule has 0 saturated heterocycles.